The van der Waals surface area contributed by atoms with Crippen LogP contribution in [0.2, 0.25) is 0 Å². The van der Waals surface area contributed by atoms with Gasteiger partial charge in [-0.3, -0.25) is 4.79 Å². The number of hydrogen-bond donors (Lipinski definition) is 0. The first-order valence-electron chi connectivity index (χ1n) is 3.18. The summed E-state index contributed by atoms with van der Waals surface area (Å²) in [7, 11) is 0. The zero-order valence-electron chi connectivity index (χ0n) is 6.20. The van der Waals surface area contributed by atoms with E-state index in [2.05, 4.69) is 47.8 Å². The second-order valence-electron chi connectivity index (χ2n) is 2.31. The van der Waals surface area contributed by atoms with E-state index < -0.39 is 0 Å². The largest absolute Gasteiger partial charge is 0.295 e. The molecule has 0 bridgehead atoms. The van der Waals surface area contributed by atoms with Crippen LogP contribution in [0.25, 0.3) is 0 Å². The quantitative estimate of drug-likeness (QED) is 0.545. The van der Waals surface area contributed by atoms with Crippen LogP contribution in [0.4, 0.5) is 0 Å². The first-order chi connectivity index (χ1) is 5.52. The van der Waals surface area contributed by atoms with Crippen molar-refractivity contribution in [2.75, 3.05) is 0 Å². The summed E-state index contributed by atoms with van der Waals surface area (Å²) in [5.74, 6) is 0.0592. The number of Topliss-reactive ketones (excluding diaryl/α,β-unsaturated/α-hetero) is 1. The molecule has 0 aliphatic rings. The Hall–Kier alpha value is 0.330. The smallest absolute Gasteiger partial charge is 0.159 e. The van der Waals surface area contributed by atoms with Crippen LogP contribution in [0.15, 0.2) is 25.6 Å². The van der Waals surface area contributed by atoms with E-state index in [1.165, 1.54) is 0 Å². The van der Waals surface area contributed by atoms with E-state index in [0.717, 1.165) is 13.4 Å². The molecule has 0 radical (unpaired) electrons. The first kappa shape index (κ1) is 10.4. The van der Waals surface area contributed by atoms with Gasteiger partial charge < -0.3 is 0 Å². The Balaban J connectivity index is 3.31. The zero-order valence-corrected chi connectivity index (χ0v) is 11.0. The molecule has 0 aromatic heterocycles. The van der Waals surface area contributed by atoms with Crippen molar-refractivity contribution in [2.24, 2.45) is 0 Å². The molecule has 4 heteroatoms. The average molecular weight is 357 g/mol. The molecule has 0 heterocycles. The predicted molar refractivity (Wildman–Crippen MR) is 59.5 cm³/mol. The molecule has 0 fully saturated rings. The van der Waals surface area contributed by atoms with E-state index in [4.69, 9.17) is 0 Å². The Morgan fingerprint density at radius 3 is 1.92 bits per heavy atom. The van der Waals surface area contributed by atoms with Gasteiger partial charge in [0.05, 0.1) is 0 Å². The van der Waals surface area contributed by atoms with Crippen molar-refractivity contribution in [3.63, 3.8) is 0 Å². The Bertz CT molecular complexity index is 310. The van der Waals surface area contributed by atoms with Crippen molar-refractivity contribution in [2.45, 2.75) is 6.92 Å². The molecule has 1 aromatic rings. The summed E-state index contributed by atoms with van der Waals surface area (Å²) >= 11 is 10.0. The van der Waals surface area contributed by atoms with Crippen LogP contribution in [0.5, 0.6) is 0 Å². The van der Waals surface area contributed by atoms with Crippen LogP contribution in [0, 0.1) is 0 Å². The summed E-state index contributed by atoms with van der Waals surface area (Å²) in [5, 5.41) is 0. The standard InChI is InChI=1S/C8H5Br3O/c1-4(12)5-2-6(9)8(11)7(10)3-5/h2-3H,1H3. The van der Waals surface area contributed by atoms with Crippen LogP contribution in [0.1, 0.15) is 17.3 Å². The van der Waals surface area contributed by atoms with Crippen molar-refractivity contribution in [3.8, 4) is 0 Å². The summed E-state index contributed by atoms with van der Waals surface area (Å²) in [6.07, 6.45) is 0. The van der Waals surface area contributed by atoms with Gasteiger partial charge in [-0.2, -0.15) is 0 Å². The van der Waals surface area contributed by atoms with Gasteiger partial charge in [-0.25, -0.2) is 0 Å². The number of rotatable bonds is 1. The molecule has 0 N–H and O–H groups in total. The third-order valence-electron chi connectivity index (χ3n) is 1.39. The van der Waals surface area contributed by atoms with Gasteiger partial charge in [0.2, 0.25) is 0 Å². The second kappa shape index (κ2) is 4.03. The molecule has 1 nitrogen and oxygen atoms in total. The maximum Gasteiger partial charge on any atom is 0.159 e. The Labute approximate surface area is 95.9 Å². The minimum atomic E-state index is 0.0592. The molecule has 0 amide bonds. The maximum absolute atomic E-state index is 11.0. The van der Waals surface area contributed by atoms with Gasteiger partial charge in [0.25, 0.3) is 0 Å². The van der Waals surface area contributed by atoms with Crippen molar-refractivity contribution in [1.82, 2.24) is 0 Å². The van der Waals surface area contributed by atoms with Crippen molar-refractivity contribution in [1.29, 1.82) is 0 Å². The summed E-state index contributed by atoms with van der Waals surface area (Å²) < 4.78 is 2.68. The van der Waals surface area contributed by atoms with Crippen LogP contribution in [-0.4, -0.2) is 5.78 Å². The third kappa shape index (κ3) is 2.18. The molecule has 64 valence electrons. The summed E-state index contributed by atoms with van der Waals surface area (Å²) in [6, 6.07) is 3.58. The third-order valence-corrected chi connectivity index (χ3v) is 4.56. The lowest BCUT2D eigenvalue weighted by molar-refractivity contribution is 0.101. The lowest BCUT2D eigenvalue weighted by Crippen LogP contribution is -1.92. The highest BCUT2D eigenvalue weighted by atomic mass is 79.9. The van der Waals surface area contributed by atoms with Crippen molar-refractivity contribution in [3.05, 3.63) is 31.1 Å². The fourth-order valence-corrected chi connectivity index (χ4v) is 2.17. The van der Waals surface area contributed by atoms with Crippen molar-refractivity contribution < 1.29 is 4.79 Å². The summed E-state index contributed by atoms with van der Waals surface area (Å²) in [6.45, 7) is 1.54. The number of halogens is 3. The first-order valence-corrected chi connectivity index (χ1v) is 5.55. The van der Waals surface area contributed by atoms with Gasteiger partial charge in [0.15, 0.2) is 5.78 Å². The second-order valence-corrected chi connectivity index (χ2v) is 4.81. The lowest BCUT2D eigenvalue weighted by atomic mass is 10.2. The SMILES string of the molecule is CC(=O)c1cc(Br)c(Br)c(Br)c1. The number of benzene rings is 1. The fraction of sp³-hybridized carbons (Fsp3) is 0.125. The molecule has 0 aliphatic carbocycles. The van der Waals surface area contributed by atoms with Gasteiger partial charge >= 0.3 is 0 Å². The number of hydrogen-bond acceptors (Lipinski definition) is 1. The van der Waals surface area contributed by atoms with Crippen LogP contribution in [-0.2, 0) is 0 Å². The lowest BCUT2D eigenvalue weighted by Gasteiger charge is -2.02. The van der Waals surface area contributed by atoms with E-state index in [9.17, 15) is 4.79 Å². The number of ketones is 1. The molecular formula is C8H5Br3O. The minimum absolute atomic E-state index is 0.0592. The average Bonchev–Trinajstić information content (AvgIpc) is 1.99. The van der Waals surface area contributed by atoms with E-state index in [1.54, 1.807) is 19.1 Å². The molecule has 0 saturated carbocycles. The zero-order chi connectivity index (χ0) is 9.30. The van der Waals surface area contributed by atoms with E-state index in [-0.39, 0.29) is 5.78 Å². The van der Waals surface area contributed by atoms with Crippen LogP contribution < -0.4 is 0 Å². The number of carbonyl (C=O) groups is 1. The van der Waals surface area contributed by atoms with Gasteiger partial charge in [0, 0.05) is 19.0 Å². The summed E-state index contributed by atoms with van der Waals surface area (Å²) in [4.78, 5) is 11.0. The normalized spacial score (nSPS) is 10.0. The maximum atomic E-state index is 11.0. The highest BCUT2D eigenvalue weighted by molar-refractivity contribution is 9.14. The van der Waals surface area contributed by atoms with Gasteiger partial charge in [0.1, 0.15) is 0 Å². The Kier molecular flexibility index (Phi) is 3.49. The Morgan fingerprint density at radius 1 is 1.17 bits per heavy atom. The van der Waals surface area contributed by atoms with Crippen molar-refractivity contribution >= 4 is 53.6 Å². The Morgan fingerprint density at radius 2 is 1.58 bits per heavy atom. The highest BCUT2D eigenvalue weighted by Gasteiger charge is 2.06. The molecule has 0 unspecified atom stereocenters. The molecule has 1 aromatic carbocycles. The van der Waals surface area contributed by atoms with E-state index in [0.29, 0.717) is 5.56 Å². The van der Waals surface area contributed by atoms with Crippen LogP contribution in [0.3, 0.4) is 0 Å². The molecule has 0 spiro atoms. The molecule has 12 heavy (non-hydrogen) atoms. The van der Waals surface area contributed by atoms with E-state index in [1.807, 2.05) is 0 Å². The number of carbonyl (C=O) groups excluding carboxylic acids is 1. The summed E-state index contributed by atoms with van der Waals surface area (Å²) in [5.41, 5.74) is 0.692. The molecule has 0 atom stereocenters. The van der Waals surface area contributed by atoms with E-state index >= 15 is 0 Å². The van der Waals surface area contributed by atoms with Gasteiger partial charge in [-0.1, -0.05) is 0 Å². The van der Waals surface area contributed by atoms with Crippen LogP contribution >= 0.6 is 47.8 Å². The monoisotopic (exact) mass is 354 g/mol. The molecule has 1 rings (SSSR count). The predicted octanol–water partition coefficient (Wildman–Crippen LogP) is 4.18. The minimum Gasteiger partial charge on any atom is -0.295 e. The van der Waals surface area contributed by atoms with Gasteiger partial charge in [-0.15, -0.1) is 0 Å². The fourth-order valence-electron chi connectivity index (χ4n) is 0.759. The van der Waals surface area contributed by atoms with Gasteiger partial charge in [-0.05, 0) is 66.8 Å². The molecule has 0 aliphatic heterocycles. The molecular weight excluding hydrogens is 352 g/mol. The topological polar surface area (TPSA) is 17.1 Å². The highest BCUT2D eigenvalue weighted by Crippen LogP contribution is 2.32. The molecule has 0 saturated heterocycles.